The molecule has 1 nitrogen and oxygen atoms in total. The lowest BCUT2D eigenvalue weighted by Gasteiger charge is -2.15. The van der Waals surface area contributed by atoms with Gasteiger partial charge in [-0.25, -0.2) is 0 Å². The van der Waals surface area contributed by atoms with Crippen LogP contribution in [-0.2, 0) is 4.74 Å². The maximum atomic E-state index is 5.35. The van der Waals surface area contributed by atoms with E-state index in [-0.39, 0.29) is 0 Å². The zero-order valence-corrected chi connectivity index (χ0v) is 17.3. The average molecular weight is 345 g/mol. The number of hydrogen-bond acceptors (Lipinski definition) is 1. The third-order valence-electron chi connectivity index (χ3n) is 4.28. The minimum Gasteiger partial charge on any atom is -0.382 e. The molecule has 0 aliphatic heterocycles. The van der Waals surface area contributed by atoms with E-state index in [9.17, 15) is 0 Å². The number of rotatable bonds is 11. The molecule has 1 rings (SSSR count). The smallest absolute Gasteiger partial charge is 0.0775 e. The van der Waals surface area contributed by atoms with E-state index in [0.29, 0.717) is 0 Å². The van der Waals surface area contributed by atoms with Gasteiger partial charge in [0.05, 0.1) is 8.07 Å². The molecule has 0 saturated carbocycles. The molecule has 0 bridgehead atoms. The molecule has 0 atom stereocenters. The third-order valence-corrected chi connectivity index (χ3v) is 6.34. The van der Waals surface area contributed by atoms with Crippen LogP contribution < -0.4 is 5.19 Å². The van der Waals surface area contributed by atoms with E-state index in [4.69, 9.17) is 4.74 Å². The second-order valence-corrected chi connectivity index (χ2v) is 12.6. The zero-order valence-electron chi connectivity index (χ0n) is 16.3. The van der Waals surface area contributed by atoms with Gasteiger partial charge in [0.15, 0.2) is 0 Å². The Labute approximate surface area is 151 Å². The fourth-order valence-electron chi connectivity index (χ4n) is 2.66. The van der Waals surface area contributed by atoms with Crippen molar-refractivity contribution in [1.82, 2.24) is 0 Å². The van der Waals surface area contributed by atoms with Crippen molar-refractivity contribution in [3.05, 3.63) is 29.8 Å². The molecule has 0 aromatic heterocycles. The predicted octanol–water partition coefficient (Wildman–Crippen LogP) is 5.74. The highest BCUT2D eigenvalue weighted by molar-refractivity contribution is 6.88. The molecule has 0 spiro atoms. The summed E-state index contributed by atoms with van der Waals surface area (Å²) in [6, 6.07) is 8.90. The summed E-state index contributed by atoms with van der Waals surface area (Å²) in [6.45, 7) is 11.0. The number of hydrogen-bond donors (Lipinski definition) is 0. The lowest BCUT2D eigenvalue weighted by atomic mass is 10.1. The second kappa shape index (κ2) is 12.3. The lowest BCUT2D eigenvalue weighted by Crippen LogP contribution is -2.37. The molecule has 0 unspecified atom stereocenters. The summed E-state index contributed by atoms with van der Waals surface area (Å²) >= 11 is 0. The van der Waals surface area contributed by atoms with E-state index in [1.165, 1.54) is 50.1 Å². The Morgan fingerprint density at radius 2 is 1.42 bits per heavy atom. The van der Waals surface area contributed by atoms with Gasteiger partial charge in [0.25, 0.3) is 0 Å². The summed E-state index contributed by atoms with van der Waals surface area (Å²) in [5, 5.41) is 1.51. The van der Waals surface area contributed by atoms with Crippen LogP contribution in [0.25, 0.3) is 0 Å². The maximum Gasteiger partial charge on any atom is 0.0775 e. The molecule has 0 radical (unpaired) electrons. The highest BCUT2D eigenvalue weighted by Crippen LogP contribution is 2.09. The zero-order chi connectivity index (χ0) is 17.7. The largest absolute Gasteiger partial charge is 0.382 e. The van der Waals surface area contributed by atoms with E-state index in [1.807, 2.05) is 0 Å². The van der Waals surface area contributed by atoms with Crippen molar-refractivity contribution < 1.29 is 4.74 Å². The Morgan fingerprint density at radius 3 is 2.00 bits per heavy atom. The first-order chi connectivity index (χ1) is 11.5. The summed E-state index contributed by atoms with van der Waals surface area (Å²) < 4.78 is 5.35. The summed E-state index contributed by atoms with van der Waals surface area (Å²) in [4.78, 5) is 0. The molecule has 1 aromatic rings. The molecular weight excluding hydrogens is 308 g/mol. The Hall–Kier alpha value is -1.04. The predicted molar refractivity (Wildman–Crippen MR) is 110 cm³/mol. The van der Waals surface area contributed by atoms with Crippen LogP contribution in [0.1, 0.15) is 63.9 Å². The van der Waals surface area contributed by atoms with Crippen molar-refractivity contribution in [1.29, 1.82) is 0 Å². The molecule has 0 saturated heterocycles. The minimum absolute atomic E-state index is 0.851. The quantitative estimate of drug-likeness (QED) is 0.282. The van der Waals surface area contributed by atoms with Crippen LogP contribution in [0.4, 0.5) is 0 Å². The summed E-state index contributed by atoms with van der Waals surface area (Å²) in [5.41, 5.74) is 1.16. The van der Waals surface area contributed by atoms with E-state index in [2.05, 4.69) is 62.7 Å². The van der Waals surface area contributed by atoms with Gasteiger partial charge in [0, 0.05) is 25.2 Å². The molecule has 0 heterocycles. The maximum absolute atomic E-state index is 5.35. The van der Waals surface area contributed by atoms with Gasteiger partial charge in [-0.15, -0.1) is 0 Å². The molecule has 0 aliphatic carbocycles. The van der Waals surface area contributed by atoms with Crippen LogP contribution in [0.3, 0.4) is 0 Å². The Balaban J connectivity index is 2.07. The molecule has 134 valence electrons. The van der Waals surface area contributed by atoms with Gasteiger partial charge in [0.2, 0.25) is 0 Å². The lowest BCUT2D eigenvalue weighted by molar-refractivity contribution is 0.143. The van der Waals surface area contributed by atoms with Crippen molar-refractivity contribution in [3.8, 4) is 11.8 Å². The molecular formula is C22H36OSi. The first-order valence-corrected chi connectivity index (χ1v) is 13.2. The highest BCUT2D eigenvalue weighted by atomic mass is 28.3. The Kier molecular flexibility index (Phi) is 10.8. The van der Waals surface area contributed by atoms with Gasteiger partial charge in [-0.1, -0.05) is 80.9 Å². The van der Waals surface area contributed by atoms with Crippen LogP contribution in [-0.4, -0.2) is 21.3 Å². The normalized spacial score (nSPS) is 11.2. The summed E-state index contributed by atoms with van der Waals surface area (Å²) in [6.07, 6.45) is 10.2. The Bertz CT molecular complexity index is 487. The van der Waals surface area contributed by atoms with E-state index < -0.39 is 8.07 Å². The molecule has 2 heteroatoms. The number of benzene rings is 1. The second-order valence-electron chi connectivity index (χ2n) is 7.55. The standard InChI is InChI=1S/C22H36OSi/c1-5-23-20-14-12-10-8-6-7-9-11-13-15-21-16-18-22(19-17-21)24(2,3)4/h16-19H,5-12,14,20H2,1-4H3. The topological polar surface area (TPSA) is 9.23 Å². The van der Waals surface area contributed by atoms with E-state index in [0.717, 1.165) is 25.2 Å². The van der Waals surface area contributed by atoms with Crippen molar-refractivity contribution in [2.75, 3.05) is 13.2 Å². The van der Waals surface area contributed by atoms with Crippen molar-refractivity contribution in [2.24, 2.45) is 0 Å². The molecule has 0 aliphatic rings. The van der Waals surface area contributed by atoms with Crippen LogP contribution in [0.2, 0.25) is 19.6 Å². The number of ether oxygens (including phenoxy) is 1. The van der Waals surface area contributed by atoms with Gasteiger partial charge in [0.1, 0.15) is 0 Å². The van der Waals surface area contributed by atoms with Crippen LogP contribution >= 0.6 is 0 Å². The SMILES string of the molecule is CCOCCCCCCCCCC#Cc1ccc([Si](C)(C)C)cc1. The molecule has 0 fully saturated rings. The minimum atomic E-state index is -1.18. The first-order valence-electron chi connectivity index (χ1n) is 9.71. The number of unbranched alkanes of at least 4 members (excludes halogenated alkanes) is 7. The summed E-state index contributed by atoms with van der Waals surface area (Å²) in [5.74, 6) is 6.64. The highest BCUT2D eigenvalue weighted by Gasteiger charge is 2.15. The fourth-order valence-corrected chi connectivity index (χ4v) is 3.83. The van der Waals surface area contributed by atoms with Gasteiger partial charge < -0.3 is 4.74 Å². The average Bonchev–Trinajstić information content (AvgIpc) is 2.55. The van der Waals surface area contributed by atoms with Crippen molar-refractivity contribution in [3.63, 3.8) is 0 Å². The van der Waals surface area contributed by atoms with Gasteiger partial charge in [-0.2, -0.15) is 0 Å². The fraction of sp³-hybridized carbons (Fsp3) is 0.636. The van der Waals surface area contributed by atoms with E-state index in [1.54, 1.807) is 0 Å². The first kappa shape index (κ1) is 21.0. The molecule has 0 N–H and O–H groups in total. The van der Waals surface area contributed by atoms with Gasteiger partial charge in [-0.05, 0) is 31.9 Å². The van der Waals surface area contributed by atoms with Crippen molar-refractivity contribution >= 4 is 13.3 Å². The monoisotopic (exact) mass is 344 g/mol. The molecule has 0 amide bonds. The van der Waals surface area contributed by atoms with Crippen LogP contribution in [0.15, 0.2) is 24.3 Å². The van der Waals surface area contributed by atoms with Crippen LogP contribution in [0, 0.1) is 11.8 Å². The third kappa shape index (κ3) is 9.95. The van der Waals surface area contributed by atoms with Gasteiger partial charge >= 0.3 is 0 Å². The van der Waals surface area contributed by atoms with Crippen LogP contribution in [0.5, 0.6) is 0 Å². The van der Waals surface area contributed by atoms with Gasteiger partial charge in [-0.3, -0.25) is 0 Å². The Morgan fingerprint density at radius 1 is 0.833 bits per heavy atom. The molecule has 24 heavy (non-hydrogen) atoms. The van der Waals surface area contributed by atoms with E-state index >= 15 is 0 Å². The summed E-state index contributed by atoms with van der Waals surface area (Å²) in [7, 11) is -1.18. The molecule has 1 aromatic carbocycles. The van der Waals surface area contributed by atoms with Crippen molar-refractivity contribution in [2.45, 2.75) is 77.9 Å².